The third-order valence-electron chi connectivity index (χ3n) is 3.53. The number of carbonyl (C=O) groups excluding carboxylic acids is 1. The molecule has 0 N–H and O–H groups in total. The Labute approximate surface area is 176 Å². The Kier molecular flexibility index (Phi) is 7.43. The van der Waals surface area contributed by atoms with Gasteiger partial charge < -0.3 is 9.47 Å². The summed E-state index contributed by atoms with van der Waals surface area (Å²) in [6.07, 6.45) is 0. The van der Waals surface area contributed by atoms with Gasteiger partial charge in [0.25, 0.3) is 0 Å². The number of rotatable bonds is 7. The van der Waals surface area contributed by atoms with E-state index in [9.17, 15) is 13.2 Å². The van der Waals surface area contributed by atoms with Gasteiger partial charge in [-0.3, -0.25) is 4.79 Å². The predicted octanol–water partition coefficient (Wildman–Crippen LogP) is 3.60. The number of nitrogens with zero attached hydrogens (tertiary/aromatic N) is 2. The number of sulfonamides is 1. The molecule has 0 aliphatic heterocycles. The van der Waals surface area contributed by atoms with Crippen LogP contribution in [0, 0.1) is 11.3 Å². The molecule has 2 rings (SSSR count). The molecule has 0 atom stereocenters. The highest BCUT2D eigenvalue weighted by molar-refractivity contribution is 9.10. The zero-order valence-electron chi connectivity index (χ0n) is 15.0. The molecule has 0 aromatic heterocycles. The summed E-state index contributed by atoms with van der Waals surface area (Å²) in [7, 11) is -2.61. The number of nitriles is 1. The number of ether oxygens (including phenoxy) is 2. The van der Waals surface area contributed by atoms with Gasteiger partial charge in [0, 0.05) is 17.6 Å². The van der Waals surface area contributed by atoms with Crippen molar-refractivity contribution < 1.29 is 22.7 Å². The molecule has 28 heavy (non-hydrogen) atoms. The molecule has 2 aromatic rings. The second-order valence-electron chi connectivity index (χ2n) is 5.52. The van der Waals surface area contributed by atoms with Crippen LogP contribution in [0.4, 0.5) is 0 Å². The fraction of sp³-hybridized carbons (Fsp3) is 0.222. The first-order chi connectivity index (χ1) is 13.2. The van der Waals surface area contributed by atoms with Crippen LogP contribution in [-0.2, 0) is 14.8 Å². The Morgan fingerprint density at radius 2 is 1.93 bits per heavy atom. The van der Waals surface area contributed by atoms with Crippen molar-refractivity contribution in [1.82, 2.24) is 4.31 Å². The van der Waals surface area contributed by atoms with Crippen LogP contribution < -0.4 is 9.47 Å². The molecule has 0 saturated carbocycles. The minimum atomic E-state index is -3.88. The molecule has 0 saturated heterocycles. The molecule has 0 bridgehead atoms. The zero-order valence-corrected chi connectivity index (χ0v) is 18.1. The summed E-state index contributed by atoms with van der Waals surface area (Å²) >= 11 is 9.32. The van der Waals surface area contributed by atoms with Crippen molar-refractivity contribution in [2.45, 2.75) is 11.8 Å². The normalized spacial score (nSPS) is 11.1. The van der Waals surface area contributed by atoms with Crippen LogP contribution in [0.25, 0.3) is 0 Å². The highest BCUT2D eigenvalue weighted by atomic mass is 79.9. The summed E-state index contributed by atoms with van der Waals surface area (Å²) < 4.78 is 37.3. The topological polar surface area (TPSA) is 96.7 Å². The summed E-state index contributed by atoms with van der Waals surface area (Å²) in [5.41, 5.74) is 0.239. The average molecular weight is 488 g/mol. The Hall–Kier alpha value is -2.12. The Morgan fingerprint density at radius 1 is 1.29 bits per heavy atom. The van der Waals surface area contributed by atoms with Crippen molar-refractivity contribution in [3.63, 3.8) is 0 Å². The van der Waals surface area contributed by atoms with E-state index in [1.165, 1.54) is 31.3 Å². The molecular weight excluding hydrogens is 472 g/mol. The first-order valence-electron chi connectivity index (χ1n) is 7.98. The maximum Gasteiger partial charge on any atom is 0.326 e. The molecule has 0 spiro atoms. The van der Waals surface area contributed by atoms with Crippen molar-refractivity contribution in [1.29, 1.82) is 5.26 Å². The van der Waals surface area contributed by atoms with Gasteiger partial charge in [0.2, 0.25) is 10.0 Å². The lowest BCUT2D eigenvalue weighted by Crippen LogP contribution is -2.34. The quantitative estimate of drug-likeness (QED) is 0.437. The maximum atomic E-state index is 12.6. The fourth-order valence-corrected chi connectivity index (χ4v) is 3.82. The Balaban J connectivity index is 2.20. The van der Waals surface area contributed by atoms with Gasteiger partial charge in [-0.1, -0.05) is 27.5 Å². The monoisotopic (exact) mass is 486 g/mol. The van der Waals surface area contributed by atoms with E-state index in [-0.39, 0.29) is 33.6 Å². The van der Waals surface area contributed by atoms with Crippen LogP contribution in [0.5, 0.6) is 11.5 Å². The number of halogens is 2. The zero-order chi connectivity index (χ0) is 20.9. The lowest BCUT2D eigenvalue weighted by Gasteiger charge is -2.17. The minimum Gasteiger partial charge on any atom is -0.490 e. The lowest BCUT2D eigenvalue weighted by atomic mass is 10.2. The summed E-state index contributed by atoms with van der Waals surface area (Å²) in [5.74, 6) is -0.795. The number of carbonyl (C=O) groups is 1. The van der Waals surface area contributed by atoms with Crippen LogP contribution in [0.1, 0.15) is 12.5 Å². The summed E-state index contributed by atoms with van der Waals surface area (Å²) in [6.45, 7) is 1.44. The van der Waals surface area contributed by atoms with Crippen molar-refractivity contribution in [3.8, 4) is 17.6 Å². The molecule has 0 unspecified atom stereocenters. The van der Waals surface area contributed by atoms with Gasteiger partial charge in [-0.2, -0.15) is 9.57 Å². The van der Waals surface area contributed by atoms with Gasteiger partial charge in [0.05, 0.1) is 28.2 Å². The van der Waals surface area contributed by atoms with Crippen molar-refractivity contribution in [2.24, 2.45) is 0 Å². The van der Waals surface area contributed by atoms with E-state index in [0.717, 1.165) is 8.78 Å². The molecule has 0 aliphatic carbocycles. The molecule has 0 fully saturated rings. The number of hydrogen-bond donors (Lipinski definition) is 0. The van der Waals surface area contributed by atoms with Gasteiger partial charge >= 0.3 is 5.97 Å². The predicted molar refractivity (Wildman–Crippen MR) is 107 cm³/mol. The minimum absolute atomic E-state index is 0.00858. The second-order valence-corrected chi connectivity index (χ2v) is 8.89. The summed E-state index contributed by atoms with van der Waals surface area (Å²) in [4.78, 5) is 12.3. The lowest BCUT2D eigenvalue weighted by molar-refractivity contribution is -0.134. The number of hydrogen-bond acceptors (Lipinski definition) is 6. The van der Waals surface area contributed by atoms with Crippen LogP contribution >= 0.6 is 27.5 Å². The van der Waals surface area contributed by atoms with Crippen molar-refractivity contribution in [2.75, 3.05) is 20.2 Å². The van der Waals surface area contributed by atoms with E-state index in [0.29, 0.717) is 0 Å². The van der Waals surface area contributed by atoms with Crippen molar-refractivity contribution >= 4 is 43.5 Å². The third kappa shape index (κ3) is 5.23. The second kappa shape index (κ2) is 9.39. The highest BCUT2D eigenvalue weighted by Gasteiger charge is 2.25. The maximum absolute atomic E-state index is 12.6. The molecule has 10 heteroatoms. The molecule has 0 radical (unpaired) electrons. The van der Waals surface area contributed by atoms with Crippen LogP contribution in [0.3, 0.4) is 0 Å². The summed E-state index contributed by atoms with van der Waals surface area (Å²) in [5, 5.41) is 9.02. The molecular formula is C18H16BrClN2O5S. The number of benzene rings is 2. The molecule has 7 nitrogen and oxygen atoms in total. The largest absolute Gasteiger partial charge is 0.490 e. The highest BCUT2D eigenvalue weighted by Crippen LogP contribution is 2.36. The SMILES string of the molecule is CCOc1cc(C#N)cc(Cl)c1OC(=O)CN(C)S(=O)(=O)c1ccc(Br)cc1. The Bertz CT molecular complexity index is 1020. The molecule has 148 valence electrons. The molecule has 0 heterocycles. The van der Waals surface area contributed by atoms with E-state index >= 15 is 0 Å². The van der Waals surface area contributed by atoms with Gasteiger partial charge in [-0.25, -0.2) is 8.42 Å². The van der Waals surface area contributed by atoms with Crippen molar-refractivity contribution in [3.05, 3.63) is 51.5 Å². The standard InChI is InChI=1S/C18H16BrClN2O5S/c1-3-26-16-9-12(10-21)8-15(20)18(16)27-17(23)11-22(2)28(24,25)14-6-4-13(19)5-7-14/h4-9H,3,11H2,1-2H3. The van der Waals surface area contributed by atoms with Gasteiger partial charge in [0.1, 0.15) is 6.54 Å². The fourth-order valence-electron chi connectivity index (χ4n) is 2.19. The van der Waals surface area contributed by atoms with Crippen LogP contribution in [0.15, 0.2) is 45.8 Å². The third-order valence-corrected chi connectivity index (χ3v) is 6.15. The Morgan fingerprint density at radius 3 is 2.50 bits per heavy atom. The van der Waals surface area contributed by atoms with E-state index in [1.54, 1.807) is 19.1 Å². The van der Waals surface area contributed by atoms with Crippen LogP contribution in [-0.4, -0.2) is 38.9 Å². The smallest absolute Gasteiger partial charge is 0.326 e. The average Bonchev–Trinajstić information content (AvgIpc) is 2.64. The first-order valence-corrected chi connectivity index (χ1v) is 10.6. The van der Waals surface area contributed by atoms with E-state index in [2.05, 4.69) is 15.9 Å². The van der Waals surface area contributed by atoms with E-state index < -0.39 is 22.5 Å². The molecule has 0 aliphatic rings. The van der Waals surface area contributed by atoms with E-state index in [4.69, 9.17) is 26.3 Å². The molecule has 2 aromatic carbocycles. The van der Waals surface area contributed by atoms with Gasteiger partial charge in [-0.15, -0.1) is 0 Å². The molecule has 0 amide bonds. The number of likely N-dealkylation sites (N-methyl/N-ethyl adjacent to an activating group) is 1. The van der Waals surface area contributed by atoms with Crippen LogP contribution in [0.2, 0.25) is 5.02 Å². The van der Waals surface area contributed by atoms with Gasteiger partial charge in [-0.05, 0) is 37.3 Å². The number of esters is 1. The summed E-state index contributed by atoms with van der Waals surface area (Å²) in [6, 6.07) is 10.7. The first kappa shape index (κ1) is 22.2. The van der Waals surface area contributed by atoms with E-state index in [1.807, 2.05) is 6.07 Å². The van der Waals surface area contributed by atoms with Gasteiger partial charge in [0.15, 0.2) is 11.5 Å².